The second-order valence-electron chi connectivity index (χ2n) is 3.25. The first-order chi connectivity index (χ1) is 6.81. The molecular weight excluding hydrogens is 176 g/mol. The van der Waals surface area contributed by atoms with E-state index in [-0.39, 0.29) is 6.61 Å². The molecule has 0 aliphatic rings. The molecule has 0 saturated heterocycles. The molecule has 0 aliphatic carbocycles. The van der Waals surface area contributed by atoms with Crippen molar-refractivity contribution in [2.75, 3.05) is 0 Å². The minimum atomic E-state index is 0.0751. The molecular formula is C11H12N2O. The molecule has 1 N–H and O–H groups in total. The van der Waals surface area contributed by atoms with E-state index >= 15 is 0 Å². The van der Waals surface area contributed by atoms with Crippen LogP contribution >= 0.6 is 0 Å². The van der Waals surface area contributed by atoms with Crippen LogP contribution in [0, 0.1) is 0 Å². The van der Waals surface area contributed by atoms with Crippen LogP contribution in [0.4, 0.5) is 0 Å². The van der Waals surface area contributed by atoms with E-state index in [1.54, 1.807) is 6.33 Å². The highest BCUT2D eigenvalue weighted by Crippen LogP contribution is 2.19. The Bertz CT molecular complexity index is 434. The van der Waals surface area contributed by atoms with E-state index in [2.05, 4.69) is 4.98 Å². The van der Waals surface area contributed by atoms with Crippen molar-refractivity contribution in [3.05, 3.63) is 42.4 Å². The van der Waals surface area contributed by atoms with Crippen molar-refractivity contribution in [2.24, 2.45) is 7.05 Å². The van der Waals surface area contributed by atoms with Gasteiger partial charge in [0.15, 0.2) is 0 Å². The van der Waals surface area contributed by atoms with Crippen molar-refractivity contribution in [1.82, 2.24) is 9.55 Å². The van der Waals surface area contributed by atoms with Gasteiger partial charge in [-0.05, 0) is 11.6 Å². The molecule has 3 heteroatoms. The molecule has 1 aromatic heterocycles. The van der Waals surface area contributed by atoms with Gasteiger partial charge in [0.2, 0.25) is 0 Å². The number of hydrogen-bond acceptors (Lipinski definition) is 2. The van der Waals surface area contributed by atoms with Gasteiger partial charge in [0, 0.05) is 12.6 Å². The SMILES string of the molecule is Cn1cncc1-c1cccc(CO)c1. The van der Waals surface area contributed by atoms with E-state index in [0.29, 0.717) is 0 Å². The number of nitrogens with zero attached hydrogens (tertiary/aromatic N) is 2. The monoisotopic (exact) mass is 188 g/mol. The Morgan fingerprint density at radius 2 is 2.29 bits per heavy atom. The third kappa shape index (κ3) is 1.54. The summed E-state index contributed by atoms with van der Waals surface area (Å²) < 4.78 is 1.95. The molecule has 3 nitrogen and oxygen atoms in total. The standard InChI is InChI=1S/C11H12N2O/c1-13-8-12-6-11(13)10-4-2-3-9(5-10)7-14/h2-6,8,14H,7H2,1H3. The first-order valence-electron chi connectivity index (χ1n) is 4.48. The summed E-state index contributed by atoms with van der Waals surface area (Å²) in [6.45, 7) is 0.0751. The minimum Gasteiger partial charge on any atom is -0.392 e. The number of benzene rings is 1. The topological polar surface area (TPSA) is 38.0 Å². The van der Waals surface area contributed by atoms with Gasteiger partial charge >= 0.3 is 0 Å². The zero-order valence-corrected chi connectivity index (χ0v) is 8.01. The van der Waals surface area contributed by atoms with Gasteiger partial charge in [-0.3, -0.25) is 0 Å². The number of hydrogen-bond donors (Lipinski definition) is 1. The maximum atomic E-state index is 9.01. The second kappa shape index (κ2) is 3.64. The van der Waals surface area contributed by atoms with Gasteiger partial charge in [-0.15, -0.1) is 0 Å². The van der Waals surface area contributed by atoms with Crippen molar-refractivity contribution >= 4 is 0 Å². The molecule has 0 unspecified atom stereocenters. The Hall–Kier alpha value is -1.61. The molecule has 2 aromatic rings. The maximum Gasteiger partial charge on any atom is 0.0948 e. The van der Waals surface area contributed by atoms with Crippen LogP contribution in [0.2, 0.25) is 0 Å². The smallest absolute Gasteiger partial charge is 0.0948 e. The van der Waals surface area contributed by atoms with Crippen molar-refractivity contribution in [3.8, 4) is 11.3 Å². The van der Waals surface area contributed by atoms with Crippen molar-refractivity contribution in [2.45, 2.75) is 6.61 Å². The minimum absolute atomic E-state index is 0.0751. The summed E-state index contributed by atoms with van der Waals surface area (Å²) in [5.41, 5.74) is 3.06. The van der Waals surface area contributed by atoms with E-state index < -0.39 is 0 Å². The highest BCUT2D eigenvalue weighted by Gasteiger charge is 2.02. The first kappa shape index (κ1) is 8.97. The number of aryl methyl sites for hydroxylation is 1. The molecule has 0 spiro atoms. The number of aliphatic hydroxyl groups is 1. The molecule has 1 aromatic carbocycles. The van der Waals surface area contributed by atoms with E-state index in [1.165, 1.54) is 0 Å². The fourth-order valence-electron chi connectivity index (χ4n) is 1.46. The summed E-state index contributed by atoms with van der Waals surface area (Å²) in [7, 11) is 1.95. The summed E-state index contributed by atoms with van der Waals surface area (Å²) in [4.78, 5) is 4.05. The number of aromatic nitrogens is 2. The van der Waals surface area contributed by atoms with Crippen LogP contribution in [-0.4, -0.2) is 14.7 Å². The van der Waals surface area contributed by atoms with E-state index in [4.69, 9.17) is 5.11 Å². The fourth-order valence-corrected chi connectivity index (χ4v) is 1.46. The molecule has 2 rings (SSSR count). The lowest BCUT2D eigenvalue weighted by atomic mass is 10.1. The van der Waals surface area contributed by atoms with Crippen molar-refractivity contribution in [3.63, 3.8) is 0 Å². The van der Waals surface area contributed by atoms with Gasteiger partial charge in [-0.2, -0.15) is 0 Å². The lowest BCUT2D eigenvalue weighted by Crippen LogP contribution is -1.90. The van der Waals surface area contributed by atoms with E-state index in [0.717, 1.165) is 16.8 Å². The fraction of sp³-hybridized carbons (Fsp3) is 0.182. The molecule has 72 valence electrons. The highest BCUT2D eigenvalue weighted by molar-refractivity contribution is 5.59. The Morgan fingerprint density at radius 3 is 2.93 bits per heavy atom. The predicted molar refractivity (Wildman–Crippen MR) is 54.6 cm³/mol. The number of imidazole rings is 1. The summed E-state index contributed by atoms with van der Waals surface area (Å²) in [6, 6.07) is 7.82. The molecule has 14 heavy (non-hydrogen) atoms. The van der Waals surface area contributed by atoms with Gasteiger partial charge in [-0.25, -0.2) is 4.98 Å². The third-order valence-electron chi connectivity index (χ3n) is 2.22. The molecule has 0 amide bonds. The van der Waals surface area contributed by atoms with Gasteiger partial charge in [0.1, 0.15) is 0 Å². The lowest BCUT2D eigenvalue weighted by molar-refractivity contribution is 0.282. The highest BCUT2D eigenvalue weighted by atomic mass is 16.3. The zero-order chi connectivity index (χ0) is 9.97. The van der Waals surface area contributed by atoms with Crippen LogP contribution in [0.15, 0.2) is 36.8 Å². The van der Waals surface area contributed by atoms with Crippen LogP contribution in [0.25, 0.3) is 11.3 Å². The van der Waals surface area contributed by atoms with Gasteiger partial charge in [-0.1, -0.05) is 18.2 Å². The number of aliphatic hydroxyl groups excluding tert-OH is 1. The Balaban J connectivity index is 2.47. The van der Waals surface area contributed by atoms with E-state index in [1.807, 2.05) is 42.1 Å². The molecule has 0 saturated carbocycles. The second-order valence-corrected chi connectivity index (χ2v) is 3.25. The Kier molecular flexibility index (Phi) is 2.33. The summed E-state index contributed by atoms with van der Waals surface area (Å²) in [5, 5.41) is 9.01. The van der Waals surface area contributed by atoms with Crippen LogP contribution in [-0.2, 0) is 13.7 Å². The molecule has 0 aliphatic heterocycles. The first-order valence-corrected chi connectivity index (χ1v) is 4.48. The van der Waals surface area contributed by atoms with Gasteiger partial charge in [0.25, 0.3) is 0 Å². The van der Waals surface area contributed by atoms with E-state index in [9.17, 15) is 0 Å². The largest absolute Gasteiger partial charge is 0.392 e. The molecule has 0 fully saturated rings. The van der Waals surface area contributed by atoms with Crippen molar-refractivity contribution in [1.29, 1.82) is 0 Å². The average Bonchev–Trinajstić information content (AvgIpc) is 2.65. The lowest BCUT2D eigenvalue weighted by Gasteiger charge is -2.03. The van der Waals surface area contributed by atoms with Crippen LogP contribution in [0.3, 0.4) is 0 Å². The zero-order valence-electron chi connectivity index (χ0n) is 8.01. The summed E-state index contributed by atoms with van der Waals surface area (Å²) in [6.07, 6.45) is 3.58. The third-order valence-corrected chi connectivity index (χ3v) is 2.22. The Morgan fingerprint density at radius 1 is 1.43 bits per heavy atom. The molecule has 0 radical (unpaired) electrons. The van der Waals surface area contributed by atoms with Crippen LogP contribution < -0.4 is 0 Å². The van der Waals surface area contributed by atoms with Crippen LogP contribution in [0.5, 0.6) is 0 Å². The van der Waals surface area contributed by atoms with Crippen molar-refractivity contribution < 1.29 is 5.11 Å². The average molecular weight is 188 g/mol. The molecule has 0 bridgehead atoms. The van der Waals surface area contributed by atoms with Gasteiger partial charge < -0.3 is 9.67 Å². The summed E-state index contributed by atoms with van der Waals surface area (Å²) in [5.74, 6) is 0. The predicted octanol–water partition coefficient (Wildman–Crippen LogP) is 1.58. The van der Waals surface area contributed by atoms with Gasteiger partial charge in [0.05, 0.1) is 24.8 Å². The molecule has 1 heterocycles. The summed E-state index contributed by atoms with van der Waals surface area (Å²) >= 11 is 0. The quantitative estimate of drug-likeness (QED) is 0.777. The molecule has 0 atom stereocenters. The van der Waals surface area contributed by atoms with Crippen LogP contribution in [0.1, 0.15) is 5.56 Å². The number of rotatable bonds is 2. The normalized spacial score (nSPS) is 10.4. The maximum absolute atomic E-state index is 9.01. The Labute approximate surface area is 82.7 Å².